The van der Waals surface area contributed by atoms with E-state index in [2.05, 4.69) is 10.2 Å². The van der Waals surface area contributed by atoms with Crippen molar-refractivity contribution in [2.24, 2.45) is 5.73 Å². The number of nitrogens with zero attached hydrogens (tertiary/aromatic N) is 2. The van der Waals surface area contributed by atoms with E-state index in [9.17, 15) is 0 Å². The van der Waals surface area contributed by atoms with Gasteiger partial charge in [-0.15, -0.1) is 5.10 Å². The van der Waals surface area contributed by atoms with E-state index in [-0.39, 0.29) is 11.1 Å². The van der Waals surface area contributed by atoms with Crippen LogP contribution in [0.1, 0.15) is 30.7 Å². The van der Waals surface area contributed by atoms with E-state index in [4.69, 9.17) is 27.4 Å². The smallest absolute Gasteiger partial charge is 0.244 e. The summed E-state index contributed by atoms with van der Waals surface area (Å²) in [7, 11) is 0. The van der Waals surface area contributed by atoms with Gasteiger partial charge in [0.2, 0.25) is 5.88 Å². The Balaban J connectivity index is 2.76. The highest BCUT2D eigenvalue weighted by Gasteiger charge is 2.14. The Hall–Kier alpha value is -1.27. The Labute approximate surface area is 113 Å². The number of nitrogens with two attached hydrogens (primary N) is 1. The molecule has 0 radical (unpaired) electrons. The molecule has 1 aromatic rings. The fourth-order valence-electron chi connectivity index (χ4n) is 1.40. The molecule has 1 aromatic heterocycles. The number of aryl methyl sites for hydroxylation is 1. The van der Waals surface area contributed by atoms with Gasteiger partial charge in [-0.1, -0.05) is 12.2 Å². The maximum Gasteiger partial charge on any atom is 0.244 e. The zero-order chi connectivity index (χ0) is 13.7. The van der Waals surface area contributed by atoms with Crippen molar-refractivity contribution in [2.75, 3.05) is 13.2 Å². The van der Waals surface area contributed by atoms with Crippen molar-refractivity contribution in [3.05, 3.63) is 16.8 Å². The summed E-state index contributed by atoms with van der Waals surface area (Å²) in [5.41, 5.74) is 8.04. The SMILES string of the molecule is Cc1nnc(OCCOC(C)C)c(C(N)=S)c1C. The van der Waals surface area contributed by atoms with Crippen LogP contribution in [0.5, 0.6) is 5.88 Å². The fourth-order valence-corrected chi connectivity index (χ4v) is 1.64. The summed E-state index contributed by atoms with van der Waals surface area (Å²) < 4.78 is 10.9. The van der Waals surface area contributed by atoms with Crippen molar-refractivity contribution >= 4 is 17.2 Å². The maximum atomic E-state index is 5.69. The lowest BCUT2D eigenvalue weighted by Gasteiger charge is -2.13. The van der Waals surface area contributed by atoms with Crippen LogP contribution in [0.3, 0.4) is 0 Å². The van der Waals surface area contributed by atoms with Crippen LogP contribution in [0.15, 0.2) is 0 Å². The average Bonchev–Trinajstić information content (AvgIpc) is 2.28. The second kappa shape index (κ2) is 6.61. The van der Waals surface area contributed by atoms with Crippen LogP contribution in [0.25, 0.3) is 0 Å². The average molecular weight is 269 g/mol. The number of aromatic nitrogens is 2. The third-order valence-electron chi connectivity index (χ3n) is 2.44. The second-order valence-electron chi connectivity index (χ2n) is 4.22. The Morgan fingerprint density at radius 1 is 1.28 bits per heavy atom. The van der Waals surface area contributed by atoms with E-state index in [0.717, 1.165) is 11.3 Å². The molecule has 0 unspecified atom stereocenters. The largest absolute Gasteiger partial charge is 0.474 e. The number of thiocarbonyl (C=S) groups is 1. The van der Waals surface area contributed by atoms with Gasteiger partial charge in [0.1, 0.15) is 11.6 Å². The number of rotatable bonds is 6. The predicted molar refractivity (Wildman–Crippen MR) is 74.0 cm³/mol. The van der Waals surface area contributed by atoms with Crippen molar-refractivity contribution in [3.8, 4) is 5.88 Å². The fraction of sp³-hybridized carbons (Fsp3) is 0.583. The number of hydrogen-bond donors (Lipinski definition) is 1. The minimum absolute atomic E-state index is 0.175. The predicted octanol–water partition coefficient (Wildman–Crippen LogP) is 1.53. The van der Waals surface area contributed by atoms with Gasteiger partial charge in [0.05, 0.1) is 24.0 Å². The third-order valence-corrected chi connectivity index (χ3v) is 2.65. The Morgan fingerprint density at radius 2 is 1.94 bits per heavy atom. The van der Waals surface area contributed by atoms with Gasteiger partial charge in [-0.3, -0.25) is 0 Å². The van der Waals surface area contributed by atoms with Gasteiger partial charge in [-0.05, 0) is 33.3 Å². The van der Waals surface area contributed by atoms with Crippen LogP contribution in [0, 0.1) is 13.8 Å². The van der Waals surface area contributed by atoms with Crippen LogP contribution in [-0.4, -0.2) is 34.5 Å². The highest BCUT2D eigenvalue weighted by atomic mass is 32.1. The minimum Gasteiger partial charge on any atom is -0.474 e. The molecule has 0 aliphatic carbocycles. The molecular weight excluding hydrogens is 250 g/mol. The Bertz CT molecular complexity index is 436. The molecule has 0 bridgehead atoms. The molecule has 0 atom stereocenters. The van der Waals surface area contributed by atoms with Crippen LogP contribution in [0.4, 0.5) is 0 Å². The van der Waals surface area contributed by atoms with E-state index in [1.165, 1.54) is 0 Å². The summed E-state index contributed by atoms with van der Waals surface area (Å²) >= 11 is 5.02. The molecule has 0 fully saturated rings. The van der Waals surface area contributed by atoms with Gasteiger partial charge >= 0.3 is 0 Å². The normalized spacial score (nSPS) is 10.7. The van der Waals surface area contributed by atoms with Crippen molar-refractivity contribution in [1.82, 2.24) is 10.2 Å². The van der Waals surface area contributed by atoms with E-state index in [1.54, 1.807) is 0 Å². The lowest BCUT2D eigenvalue weighted by molar-refractivity contribution is 0.0539. The van der Waals surface area contributed by atoms with Crippen LogP contribution < -0.4 is 10.5 Å². The summed E-state index contributed by atoms with van der Waals surface area (Å²) in [5.74, 6) is 0.373. The Morgan fingerprint density at radius 3 is 2.50 bits per heavy atom. The molecule has 0 saturated heterocycles. The van der Waals surface area contributed by atoms with Crippen LogP contribution in [0.2, 0.25) is 0 Å². The molecule has 0 spiro atoms. The first-order chi connectivity index (χ1) is 8.43. The van der Waals surface area contributed by atoms with Crippen LogP contribution in [-0.2, 0) is 4.74 Å². The number of hydrogen-bond acceptors (Lipinski definition) is 5. The highest BCUT2D eigenvalue weighted by Crippen LogP contribution is 2.20. The highest BCUT2D eigenvalue weighted by molar-refractivity contribution is 7.80. The third kappa shape index (κ3) is 3.89. The van der Waals surface area contributed by atoms with E-state index >= 15 is 0 Å². The van der Waals surface area contributed by atoms with Gasteiger partial charge in [0.15, 0.2) is 0 Å². The summed E-state index contributed by atoms with van der Waals surface area (Å²) in [5, 5.41) is 7.99. The molecule has 0 aliphatic rings. The van der Waals surface area contributed by atoms with E-state index in [1.807, 2.05) is 27.7 Å². The van der Waals surface area contributed by atoms with Crippen molar-refractivity contribution in [1.29, 1.82) is 0 Å². The molecule has 100 valence electrons. The standard InChI is InChI=1S/C12H19N3O2S/c1-7(2)16-5-6-17-12-10(11(13)18)8(3)9(4)14-15-12/h7H,5-6H2,1-4H3,(H2,13,18). The molecule has 1 rings (SSSR count). The molecular formula is C12H19N3O2S. The second-order valence-corrected chi connectivity index (χ2v) is 4.66. The van der Waals surface area contributed by atoms with Gasteiger partial charge in [0, 0.05) is 0 Å². The molecule has 5 nitrogen and oxygen atoms in total. The molecule has 0 aliphatic heterocycles. The zero-order valence-electron chi connectivity index (χ0n) is 11.2. The van der Waals surface area contributed by atoms with Crippen LogP contribution >= 0.6 is 12.2 Å². The summed E-state index contributed by atoms with van der Waals surface area (Å²) in [6, 6.07) is 0. The van der Waals surface area contributed by atoms with E-state index < -0.39 is 0 Å². The van der Waals surface area contributed by atoms with Crippen molar-refractivity contribution in [2.45, 2.75) is 33.8 Å². The maximum absolute atomic E-state index is 5.69. The molecule has 0 saturated carbocycles. The monoisotopic (exact) mass is 269 g/mol. The molecule has 2 N–H and O–H groups in total. The van der Waals surface area contributed by atoms with Gasteiger partial charge in [-0.2, -0.15) is 5.10 Å². The van der Waals surface area contributed by atoms with Gasteiger partial charge in [-0.25, -0.2) is 0 Å². The van der Waals surface area contributed by atoms with Crippen molar-refractivity contribution < 1.29 is 9.47 Å². The van der Waals surface area contributed by atoms with Gasteiger partial charge < -0.3 is 15.2 Å². The first-order valence-electron chi connectivity index (χ1n) is 5.81. The minimum atomic E-state index is 0.175. The molecule has 1 heterocycles. The zero-order valence-corrected chi connectivity index (χ0v) is 12.0. The van der Waals surface area contributed by atoms with Gasteiger partial charge in [0.25, 0.3) is 0 Å². The first kappa shape index (κ1) is 14.8. The molecule has 0 aromatic carbocycles. The first-order valence-corrected chi connectivity index (χ1v) is 6.22. The molecule has 0 amide bonds. The Kier molecular flexibility index (Phi) is 5.43. The quantitative estimate of drug-likeness (QED) is 0.624. The number of ether oxygens (including phenoxy) is 2. The summed E-state index contributed by atoms with van der Waals surface area (Å²) in [6.07, 6.45) is 0.175. The summed E-state index contributed by atoms with van der Waals surface area (Å²) in [6.45, 7) is 8.58. The van der Waals surface area contributed by atoms with Crippen molar-refractivity contribution in [3.63, 3.8) is 0 Å². The molecule has 6 heteroatoms. The lowest BCUT2D eigenvalue weighted by atomic mass is 10.1. The summed E-state index contributed by atoms with van der Waals surface area (Å²) in [4.78, 5) is 0.269. The van der Waals surface area contributed by atoms with E-state index in [0.29, 0.717) is 24.7 Å². The molecule has 18 heavy (non-hydrogen) atoms. The lowest BCUT2D eigenvalue weighted by Crippen LogP contribution is -2.18. The topological polar surface area (TPSA) is 70.3 Å².